The molecule has 0 aromatic rings. The van der Waals surface area contributed by atoms with E-state index < -0.39 is 0 Å². The molecule has 0 unspecified atom stereocenters. The monoisotopic (exact) mass is 147 g/mol. The van der Waals surface area contributed by atoms with Crippen LogP contribution in [0, 0.1) is 0 Å². The van der Waals surface area contributed by atoms with Gasteiger partial charge < -0.3 is 17.5 Å². The molecule has 0 saturated heterocycles. The van der Waals surface area contributed by atoms with E-state index in [4.69, 9.17) is 5.11 Å². The first-order chi connectivity index (χ1) is 2.91. The van der Waals surface area contributed by atoms with Crippen LogP contribution in [0.5, 0.6) is 0 Å². The molecule has 0 amide bonds. The van der Waals surface area contributed by atoms with Gasteiger partial charge in [0.25, 0.3) is 0 Å². The fourth-order valence-electron chi connectivity index (χ4n) is 0.362. The van der Waals surface area contributed by atoms with E-state index in [1.165, 1.54) is 6.42 Å². The van der Waals surface area contributed by atoms with E-state index in [1.54, 1.807) is 0 Å². The molecule has 46 valence electrons. The summed E-state index contributed by atoms with van der Waals surface area (Å²) in [5, 5.41) is 8.20. The standard InChI is InChI=1S/C5H12O.ClH.Mg/c1-2-3-4-5-6;;/h6H,2-5H2,1H3;1H;/q;;+2/p-1. The number of aliphatic hydroxyl groups excluding tert-OH is 1. The average molecular weight is 148 g/mol. The Balaban J connectivity index is -0.000000125. The van der Waals surface area contributed by atoms with Crippen LogP contribution in [0.2, 0.25) is 0 Å². The number of rotatable bonds is 3. The second kappa shape index (κ2) is 15.7. The Kier molecular flexibility index (Phi) is 31.4. The molecule has 1 N–H and O–H groups in total. The summed E-state index contributed by atoms with van der Waals surface area (Å²) in [6, 6.07) is 0. The molecule has 0 aromatic heterocycles. The average Bonchev–Trinajstić information content (AvgIpc) is 1.61. The number of hydrogen-bond acceptors (Lipinski definition) is 1. The minimum absolute atomic E-state index is 0. The van der Waals surface area contributed by atoms with Gasteiger partial charge in [0, 0.05) is 6.61 Å². The van der Waals surface area contributed by atoms with Crippen LogP contribution in [0.25, 0.3) is 0 Å². The van der Waals surface area contributed by atoms with E-state index in [2.05, 4.69) is 6.92 Å². The maximum Gasteiger partial charge on any atom is 2.00 e. The summed E-state index contributed by atoms with van der Waals surface area (Å²) in [5.74, 6) is 0. The van der Waals surface area contributed by atoms with Crippen molar-refractivity contribution in [1.29, 1.82) is 0 Å². The van der Waals surface area contributed by atoms with Crippen LogP contribution in [-0.2, 0) is 0 Å². The van der Waals surface area contributed by atoms with Crippen molar-refractivity contribution in [3.05, 3.63) is 0 Å². The van der Waals surface area contributed by atoms with Crippen LogP contribution in [0.4, 0.5) is 0 Å². The summed E-state index contributed by atoms with van der Waals surface area (Å²) >= 11 is 0. The number of hydrogen-bond donors (Lipinski definition) is 1. The summed E-state index contributed by atoms with van der Waals surface area (Å²) in [4.78, 5) is 0. The molecule has 0 aromatic carbocycles. The van der Waals surface area contributed by atoms with Crippen LogP contribution in [0.15, 0.2) is 0 Å². The Hall–Kier alpha value is 1.02. The van der Waals surface area contributed by atoms with Gasteiger partial charge in [-0.25, -0.2) is 0 Å². The van der Waals surface area contributed by atoms with E-state index in [1.807, 2.05) is 0 Å². The van der Waals surface area contributed by atoms with Crippen molar-refractivity contribution in [1.82, 2.24) is 0 Å². The number of unbranched alkanes of at least 4 members (excludes halogenated alkanes) is 2. The molecule has 0 spiro atoms. The van der Waals surface area contributed by atoms with Crippen LogP contribution in [-0.4, -0.2) is 34.8 Å². The van der Waals surface area contributed by atoms with E-state index in [-0.39, 0.29) is 35.5 Å². The minimum Gasteiger partial charge on any atom is -1.00 e. The van der Waals surface area contributed by atoms with Gasteiger partial charge in [-0.05, 0) is 6.42 Å². The third kappa shape index (κ3) is 15.7. The SMILES string of the molecule is CCCCCO.[Cl-].[Mg+2]. The normalized spacial score (nSPS) is 6.75. The van der Waals surface area contributed by atoms with Crippen molar-refractivity contribution in [3.63, 3.8) is 0 Å². The predicted molar refractivity (Wildman–Crippen MR) is 32.4 cm³/mol. The maximum absolute atomic E-state index is 8.20. The second-order valence-corrected chi connectivity index (χ2v) is 1.43. The Bertz CT molecular complexity index is 24.4. The van der Waals surface area contributed by atoms with E-state index in [0.717, 1.165) is 12.8 Å². The third-order valence-electron chi connectivity index (χ3n) is 0.762. The van der Waals surface area contributed by atoms with Crippen LogP contribution in [0.1, 0.15) is 26.2 Å². The molecule has 0 fully saturated rings. The van der Waals surface area contributed by atoms with Crippen LogP contribution < -0.4 is 12.4 Å². The molecule has 0 aliphatic heterocycles. The van der Waals surface area contributed by atoms with Gasteiger partial charge >= 0.3 is 23.1 Å². The molecule has 0 rings (SSSR count). The van der Waals surface area contributed by atoms with Gasteiger partial charge in [-0.1, -0.05) is 19.8 Å². The molecule has 3 heteroatoms. The topological polar surface area (TPSA) is 20.2 Å². The summed E-state index contributed by atoms with van der Waals surface area (Å²) in [5.41, 5.74) is 0. The fourth-order valence-corrected chi connectivity index (χ4v) is 0.362. The number of halogens is 1. The smallest absolute Gasteiger partial charge is 1.00 e. The molecule has 0 atom stereocenters. The summed E-state index contributed by atoms with van der Waals surface area (Å²) in [6.45, 7) is 2.48. The maximum atomic E-state index is 8.20. The molecule has 1 nitrogen and oxygen atoms in total. The van der Waals surface area contributed by atoms with Crippen LogP contribution >= 0.6 is 0 Å². The third-order valence-corrected chi connectivity index (χ3v) is 0.762. The molecule has 0 aliphatic carbocycles. The second-order valence-electron chi connectivity index (χ2n) is 1.43. The Morgan fingerprint density at radius 2 is 1.75 bits per heavy atom. The number of aliphatic hydroxyl groups is 1. The van der Waals surface area contributed by atoms with Gasteiger partial charge in [0.15, 0.2) is 0 Å². The first kappa shape index (κ1) is 16.0. The van der Waals surface area contributed by atoms with Crippen molar-refractivity contribution < 1.29 is 17.5 Å². The first-order valence-electron chi connectivity index (χ1n) is 2.52. The molecule has 0 bridgehead atoms. The molecular formula is C5H12ClMgO+. The van der Waals surface area contributed by atoms with Crippen molar-refractivity contribution in [2.75, 3.05) is 6.61 Å². The minimum atomic E-state index is 0. The Labute approximate surface area is 73.4 Å². The van der Waals surface area contributed by atoms with Crippen LogP contribution in [0.3, 0.4) is 0 Å². The molecular weight excluding hydrogens is 136 g/mol. The summed E-state index contributed by atoms with van der Waals surface area (Å²) < 4.78 is 0. The summed E-state index contributed by atoms with van der Waals surface area (Å²) in [7, 11) is 0. The van der Waals surface area contributed by atoms with Gasteiger partial charge in [0.2, 0.25) is 0 Å². The first-order valence-corrected chi connectivity index (χ1v) is 2.52. The molecule has 8 heavy (non-hydrogen) atoms. The Morgan fingerprint density at radius 1 is 1.25 bits per heavy atom. The van der Waals surface area contributed by atoms with Gasteiger partial charge in [-0.3, -0.25) is 0 Å². The summed E-state index contributed by atoms with van der Waals surface area (Å²) in [6.07, 6.45) is 3.33. The quantitative estimate of drug-likeness (QED) is 0.355. The van der Waals surface area contributed by atoms with E-state index in [9.17, 15) is 0 Å². The van der Waals surface area contributed by atoms with E-state index >= 15 is 0 Å². The van der Waals surface area contributed by atoms with Crippen molar-refractivity contribution in [2.24, 2.45) is 0 Å². The molecule has 0 radical (unpaired) electrons. The molecule has 0 heterocycles. The van der Waals surface area contributed by atoms with Crippen molar-refractivity contribution in [2.45, 2.75) is 26.2 Å². The van der Waals surface area contributed by atoms with Crippen molar-refractivity contribution in [3.8, 4) is 0 Å². The zero-order valence-electron chi connectivity index (χ0n) is 5.36. The fraction of sp³-hybridized carbons (Fsp3) is 1.00. The largest absolute Gasteiger partial charge is 2.00 e. The van der Waals surface area contributed by atoms with Gasteiger partial charge in [-0.2, -0.15) is 0 Å². The zero-order chi connectivity index (χ0) is 4.83. The molecule has 0 aliphatic rings. The Morgan fingerprint density at radius 3 is 1.88 bits per heavy atom. The van der Waals surface area contributed by atoms with E-state index in [0.29, 0.717) is 6.61 Å². The molecule has 0 saturated carbocycles. The predicted octanol–water partition coefficient (Wildman–Crippen LogP) is -2.21. The van der Waals surface area contributed by atoms with Crippen molar-refractivity contribution >= 4 is 23.1 Å². The van der Waals surface area contributed by atoms with Gasteiger partial charge in [0.1, 0.15) is 0 Å². The zero-order valence-corrected chi connectivity index (χ0v) is 7.53. The van der Waals surface area contributed by atoms with Gasteiger partial charge in [0.05, 0.1) is 0 Å². The van der Waals surface area contributed by atoms with Gasteiger partial charge in [-0.15, -0.1) is 0 Å².